The Morgan fingerprint density at radius 1 is 1.48 bits per heavy atom. The van der Waals surface area contributed by atoms with Gasteiger partial charge in [-0.3, -0.25) is 15.1 Å². The van der Waals surface area contributed by atoms with Crippen molar-refractivity contribution in [2.75, 3.05) is 27.7 Å². The zero-order valence-corrected chi connectivity index (χ0v) is 12.7. The van der Waals surface area contributed by atoms with E-state index in [-0.39, 0.29) is 23.9 Å². The van der Waals surface area contributed by atoms with Crippen LogP contribution in [0.2, 0.25) is 0 Å². The summed E-state index contributed by atoms with van der Waals surface area (Å²) in [5.74, 6) is 0.796. The Morgan fingerprint density at radius 2 is 2.19 bits per heavy atom. The molecule has 1 aliphatic heterocycles. The van der Waals surface area contributed by atoms with Gasteiger partial charge in [-0.25, -0.2) is 0 Å². The number of nitrogen functional groups attached to an aromatic ring is 1. The molecule has 21 heavy (non-hydrogen) atoms. The average Bonchev–Trinajstić information content (AvgIpc) is 2.78. The second kappa shape index (κ2) is 6.13. The van der Waals surface area contributed by atoms with Gasteiger partial charge in [-0.15, -0.1) is 0 Å². The molecule has 1 aromatic carbocycles. The first-order valence-electron chi connectivity index (χ1n) is 6.91. The summed E-state index contributed by atoms with van der Waals surface area (Å²) in [7, 11) is 5.46. The van der Waals surface area contributed by atoms with Crippen molar-refractivity contribution in [1.82, 2.24) is 9.80 Å². The summed E-state index contributed by atoms with van der Waals surface area (Å²) in [6.45, 7) is 0.703. The number of amidine groups is 1. The molecule has 2 atom stereocenters. The fourth-order valence-corrected chi connectivity index (χ4v) is 2.55. The lowest BCUT2D eigenvalue weighted by Crippen LogP contribution is -2.40. The number of rotatable bonds is 4. The Labute approximate surface area is 125 Å². The molecule has 1 fully saturated rings. The molecule has 2 rings (SSSR count). The summed E-state index contributed by atoms with van der Waals surface area (Å²) in [6, 6.07) is 7.04. The minimum Gasteiger partial charge on any atom is -0.489 e. The van der Waals surface area contributed by atoms with Crippen LogP contribution in [-0.2, 0) is 4.79 Å². The number of benzene rings is 1. The predicted octanol–water partition coefficient (Wildman–Crippen LogP) is 0.510. The Balaban J connectivity index is 2.03. The van der Waals surface area contributed by atoms with E-state index < -0.39 is 0 Å². The number of ether oxygens (including phenoxy) is 1. The van der Waals surface area contributed by atoms with Gasteiger partial charge in [0.25, 0.3) is 0 Å². The van der Waals surface area contributed by atoms with E-state index in [2.05, 4.69) is 0 Å². The van der Waals surface area contributed by atoms with Crippen LogP contribution >= 0.6 is 0 Å². The van der Waals surface area contributed by atoms with Crippen molar-refractivity contribution in [2.24, 2.45) is 5.73 Å². The Hall–Kier alpha value is -2.08. The molecule has 0 aliphatic carbocycles. The standard InChI is InChI=1S/C15H22N4O2/c1-18(2)15(20)13-8-12(9-19(13)3)21-11-6-4-5-10(7-11)14(16)17/h4-7,12-13H,8-9H2,1-3H3,(H3,16,17). The minimum atomic E-state index is -0.138. The Kier molecular flexibility index (Phi) is 4.47. The van der Waals surface area contributed by atoms with Crippen LogP contribution in [0.25, 0.3) is 0 Å². The van der Waals surface area contributed by atoms with Crippen LogP contribution in [0, 0.1) is 5.41 Å². The van der Waals surface area contributed by atoms with Gasteiger partial charge in [-0.05, 0) is 19.2 Å². The van der Waals surface area contributed by atoms with Gasteiger partial charge in [0.1, 0.15) is 17.7 Å². The fraction of sp³-hybridized carbons (Fsp3) is 0.467. The van der Waals surface area contributed by atoms with Crippen molar-refractivity contribution in [3.05, 3.63) is 29.8 Å². The number of hydrogen-bond acceptors (Lipinski definition) is 4. The Morgan fingerprint density at radius 3 is 2.81 bits per heavy atom. The van der Waals surface area contributed by atoms with E-state index in [1.807, 2.05) is 24.1 Å². The van der Waals surface area contributed by atoms with Crippen LogP contribution < -0.4 is 10.5 Å². The van der Waals surface area contributed by atoms with E-state index in [1.165, 1.54) is 0 Å². The minimum absolute atomic E-state index is 0.0182. The van der Waals surface area contributed by atoms with E-state index in [0.717, 1.165) is 0 Å². The lowest BCUT2D eigenvalue weighted by atomic mass is 10.1. The van der Waals surface area contributed by atoms with Gasteiger partial charge >= 0.3 is 0 Å². The third-order valence-electron chi connectivity index (χ3n) is 3.68. The third-order valence-corrected chi connectivity index (χ3v) is 3.68. The highest BCUT2D eigenvalue weighted by Crippen LogP contribution is 2.23. The molecule has 0 spiro atoms. The van der Waals surface area contributed by atoms with E-state index >= 15 is 0 Å². The van der Waals surface area contributed by atoms with E-state index in [9.17, 15) is 4.79 Å². The first-order chi connectivity index (χ1) is 9.88. The number of nitrogens with two attached hydrogens (primary N) is 1. The maximum atomic E-state index is 12.1. The molecule has 3 N–H and O–H groups in total. The maximum Gasteiger partial charge on any atom is 0.239 e. The second-order valence-corrected chi connectivity index (χ2v) is 5.61. The lowest BCUT2D eigenvalue weighted by molar-refractivity contribution is -0.133. The van der Waals surface area contributed by atoms with Gasteiger partial charge in [0, 0.05) is 32.6 Å². The largest absolute Gasteiger partial charge is 0.489 e. The molecule has 0 aromatic heterocycles. The maximum absolute atomic E-state index is 12.1. The number of carbonyl (C=O) groups excluding carboxylic acids is 1. The molecule has 1 heterocycles. The molecular formula is C15H22N4O2. The molecule has 1 aromatic rings. The lowest BCUT2D eigenvalue weighted by Gasteiger charge is -2.21. The zero-order chi connectivity index (χ0) is 15.6. The number of likely N-dealkylation sites (N-methyl/N-ethyl adjacent to an activating group) is 2. The van der Waals surface area contributed by atoms with Crippen molar-refractivity contribution in [3.8, 4) is 5.75 Å². The normalized spacial score (nSPS) is 22.0. The van der Waals surface area contributed by atoms with Gasteiger partial charge in [0.05, 0.1) is 6.04 Å². The van der Waals surface area contributed by atoms with E-state index in [1.54, 1.807) is 31.1 Å². The van der Waals surface area contributed by atoms with Gasteiger partial charge in [0.2, 0.25) is 5.91 Å². The molecule has 0 saturated carbocycles. The van der Waals surface area contributed by atoms with Crippen molar-refractivity contribution in [3.63, 3.8) is 0 Å². The quantitative estimate of drug-likeness (QED) is 0.625. The zero-order valence-electron chi connectivity index (χ0n) is 12.7. The van der Waals surface area contributed by atoms with Crippen LogP contribution in [0.15, 0.2) is 24.3 Å². The van der Waals surface area contributed by atoms with Crippen molar-refractivity contribution in [2.45, 2.75) is 18.6 Å². The van der Waals surface area contributed by atoms with Crippen LogP contribution in [0.4, 0.5) is 0 Å². The van der Waals surface area contributed by atoms with Crippen LogP contribution in [-0.4, -0.2) is 61.4 Å². The predicted molar refractivity (Wildman–Crippen MR) is 81.6 cm³/mol. The molecule has 0 bridgehead atoms. The Bertz CT molecular complexity index is 544. The smallest absolute Gasteiger partial charge is 0.239 e. The fourth-order valence-electron chi connectivity index (χ4n) is 2.55. The van der Waals surface area contributed by atoms with Crippen LogP contribution in [0.3, 0.4) is 0 Å². The van der Waals surface area contributed by atoms with Crippen LogP contribution in [0.5, 0.6) is 5.75 Å². The first kappa shape index (κ1) is 15.3. The highest BCUT2D eigenvalue weighted by atomic mass is 16.5. The molecular weight excluding hydrogens is 268 g/mol. The number of hydrogen-bond donors (Lipinski definition) is 2. The molecule has 1 saturated heterocycles. The summed E-state index contributed by atoms with van der Waals surface area (Å²) in [4.78, 5) is 15.7. The number of carbonyl (C=O) groups is 1. The molecule has 1 amide bonds. The van der Waals surface area contributed by atoms with Crippen molar-refractivity contribution >= 4 is 11.7 Å². The summed E-state index contributed by atoms with van der Waals surface area (Å²) >= 11 is 0. The van der Waals surface area contributed by atoms with Gasteiger partial charge in [-0.1, -0.05) is 12.1 Å². The topological polar surface area (TPSA) is 82.6 Å². The van der Waals surface area contributed by atoms with E-state index in [0.29, 0.717) is 24.3 Å². The average molecular weight is 290 g/mol. The molecule has 6 heteroatoms. The summed E-state index contributed by atoms with van der Waals surface area (Å²) in [6.07, 6.45) is 0.628. The molecule has 6 nitrogen and oxygen atoms in total. The van der Waals surface area contributed by atoms with Crippen molar-refractivity contribution < 1.29 is 9.53 Å². The molecule has 1 aliphatic rings. The SMILES string of the molecule is CN(C)C(=O)C1CC(Oc2cccc(C(=N)N)c2)CN1C. The van der Waals surface area contributed by atoms with Crippen LogP contribution in [0.1, 0.15) is 12.0 Å². The number of amides is 1. The third kappa shape index (κ3) is 3.52. The van der Waals surface area contributed by atoms with Crippen molar-refractivity contribution in [1.29, 1.82) is 5.41 Å². The summed E-state index contributed by atoms with van der Waals surface area (Å²) in [5.41, 5.74) is 6.12. The van der Waals surface area contributed by atoms with Gasteiger partial charge in [0.15, 0.2) is 0 Å². The summed E-state index contributed by atoms with van der Waals surface area (Å²) < 4.78 is 5.93. The second-order valence-electron chi connectivity index (χ2n) is 5.61. The highest BCUT2D eigenvalue weighted by molar-refractivity contribution is 5.95. The van der Waals surface area contributed by atoms with Gasteiger partial charge < -0.3 is 15.4 Å². The first-order valence-corrected chi connectivity index (χ1v) is 6.91. The molecule has 0 radical (unpaired) electrons. The molecule has 114 valence electrons. The van der Waals surface area contributed by atoms with Gasteiger partial charge in [-0.2, -0.15) is 0 Å². The number of nitrogens with zero attached hydrogens (tertiary/aromatic N) is 2. The number of nitrogens with one attached hydrogen (secondary N) is 1. The summed E-state index contributed by atoms with van der Waals surface area (Å²) in [5, 5.41) is 7.45. The highest BCUT2D eigenvalue weighted by Gasteiger charge is 2.36. The molecule has 2 unspecified atom stereocenters. The van der Waals surface area contributed by atoms with E-state index in [4.69, 9.17) is 15.9 Å². The monoisotopic (exact) mass is 290 g/mol. The number of likely N-dealkylation sites (tertiary alicyclic amines) is 1.